The van der Waals surface area contributed by atoms with Gasteiger partial charge in [0.05, 0.1) is 5.69 Å². The number of hydrogen-bond donors (Lipinski definition) is 2. The maximum Gasteiger partial charge on any atom is 0.221 e. The van der Waals surface area contributed by atoms with Crippen molar-refractivity contribution in [2.45, 2.75) is 47.1 Å². The predicted octanol–water partition coefficient (Wildman–Crippen LogP) is 1.41. The monoisotopic (exact) mass is 267 g/mol. The average Bonchev–Trinajstić information content (AvgIpc) is 2.63. The zero-order valence-electron chi connectivity index (χ0n) is 12.4. The first-order valence-corrected chi connectivity index (χ1v) is 6.73. The van der Waals surface area contributed by atoms with Gasteiger partial charge in [0, 0.05) is 31.8 Å². The van der Waals surface area contributed by atoms with Crippen LogP contribution >= 0.6 is 0 Å². The molecule has 0 atom stereocenters. The number of nitrogens with zero attached hydrogens (tertiary/aromatic N) is 2. The SMILES string of the molecule is Cc1cc(C)n(CCC(=O)NCC(C)(C)CCO)n1. The average molecular weight is 267 g/mol. The van der Waals surface area contributed by atoms with E-state index in [0.29, 0.717) is 25.9 Å². The molecule has 0 saturated heterocycles. The van der Waals surface area contributed by atoms with Crippen LogP contribution in [0.2, 0.25) is 0 Å². The van der Waals surface area contributed by atoms with Crippen molar-refractivity contribution >= 4 is 5.91 Å². The van der Waals surface area contributed by atoms with E-state index in [-0.39, 0.29) is 17.9 Å². The lowest BCUT2D eigenvalue weighted by Crippen LogP contribution is -2.35. The summed E-state index contributed by atoms with van der Waals surface area (Å²) >= 11 is 0. The van der Waals surface area contributed by atoms with Crippen molar-refractivity contribution < 1.29 is 9.90 Å². The Hall–Kier alpha value is -1.36. The number of aliphatic hydroxyl groups is 1. The summed E-state index contributed by atoms with van der Waals surface area (Å²) in [7, 11) is 0. The van der Waals surface area contributed by atoms with Crippen LogP contribution in [0.3, 0.4) is 0 Å². The van der Waals surface area contributed by atoms with Gasteiger partial charge in [0.1, 0.15) is 0 Å². The summed E-state index contributed by atoms with van der Waals surface area (Å²) in [6.45, 7) is 9.34. The number of aryl methyl sites for hydroxylation is 3. The van der Waals surface area contributed by atoms with Gasteiger partial charge in [0.25, 0.3) is 0 Å². The predicted molar refractivity (Wildman–Crippen MR) is 74.8 cm³/mol. The van der Waals surface area contributed by atoms with Crippen molar-refractivity contribution in [3.8, 4) is 0 Å². The molecule has 0 spiro atoms. The maximum absolute atomic E-state index is 11.8. The van der Waals surface area contributed by atoms with Crippen molar-refractivity contribution in [1.29, 1.82) is 0 Å². The third kappa shape index (κ3) is 5.42. The van der Waals surface area contributed by atoms with E-state index >= 15 is 0 Å². The van der Waals surface area contributed by atoms with Gasteiger partial charge in [-0.15, -0.1) is 0 Å². The fourth-order valence-corrected chi connectivity index (χ4v) is 1.93. The van der Waals surface area contributed by atoms with Crippen LogP contribution in [-0.4, -0.2) is 33.9 Å². The van der Waals surface area contributed by atoms with E-state index in [2.05, 4.69) is 10.4 Å². The van der Waals surface area contributed by atoms with E-state index in [1.807, 2.05) is 38.4 Å². The summed E-state index contributed by atoms with van der Waals surface area (Å²) in [6.07, 6.45) is 1.11. The van der Waals surface area contributed by atoms with Gasteiger partial charge >= 0.3 is 0 Å². The number of aromatic nitrogens is 2. The Morgan fingerprint density at radius 3 is 2.68 bits per heavy atom. The molecule has 5 nitrogen and oxygen atoms in total. The van der Waals surface area contributed by atoms with Crippen LogP contribution in [-0.2, 0) is 11.3 Å². The smallest absolute Gasteiger partial charge is 0.221 e. The minimum Gasteiger partial charge on any atom is -0.396 e. The summed E-state index contributed by atoms with van der Waals surface area (Å²) < 4.78 is 1.85. The highest BCUT2D eigenvalue weighted by Gasteiger charge is 2.18. The molecule has 0 fully saturated rings. The van der Waals surface area contributed by atoms with Crippen LogP contribution in [0.15, 0.2) is 6.07 Å². The Bertz CT molecular complexity index is 424. The van der Waals surface area contributed by atoms with Gasteiger partial charge < -0.3 is 10.4 Å². The van der Waals surface area contributed by atoms with E-state index in [4.69, 9.17) is 5.11 Å². The lowest BCUT2D eigenvalue weighted by Gasteiger charge is -2.23. The lowest BCUT2D eigenvalue weighted by atomic mass is 9.90. The Morgan fingerprint density at radius 1 is 1.47 bits per heavy atom. The van der Waals surface area contributed by atoms with Gasteiger partial charge in [0.15, 0.2) is 0 Å². The molecule has 108 valence electrons. The number of hydrogen-bond acceptors (Lipinski definition) is 3. The molecule has 0 aromatic carbocycles. The summed E-state index contributed by atoms with van der Waals surface area (Å²) in [6, 6.07) is 2.00. The molecule has 1 aromatic heterocycles. The van der Waals surface area contributed by atoms with Gasteiger partial charge in [-0.1, -0.05) is 13.8 Å². The van der Waals surface area contributed by atoms with Gasteiger partial charge in [-0.2, -0.15) is 5.10 Å². The molecule has 0 aliphatic heterocycles. The highest BCUT2D eigenvalue weighted by Crippen LogP contribution is 2.17. The molecule has 1 rings (SSSR count). The Balaban J connectivity index is 2.34. The highest BCUT2D eigenvalue weighted by atomic mass is 16.3. The number of amides is 1. The summed E-state index contributed by atoms with van der Waals surface area (Å²) in [5.41, 5.74) is 1.98. The molecule has 0 radical (unpaired) electrons. The first kappa shape index (κ1) is 15.7. The second-order valence-electron chi connectivity index (χ2n) is 5.81. The number of carbonyl (C=O) groups is 1. The Morgan fingerprint density at radius 2 is 2.16 bits per heavy atom. The normalized spacial score (nSPS) is 11.6. The fraction of sp³-hybridized carbons (Fsp3) is 0.714. The van der Waals surface area contributed by atoms with Crippen molar-refractivity contribution in [3.63, 3.8) is 0 Å². The summed E-state index contributed by atoms with van der Waals surface area (Å²) in [5, 5.41) is 16.2. The van der Waals surface area contributed by atoms with Crippen LogP contribution in [0, 0.1) is 19.3 Å². The lowest BCUT2D eigenvalue weighted by molar-refractivity contribution is -0.121. The second kappa shape index (κ2) is 6.70. The van der Waals surface area contributed by atoms with E-state index < -0.39 is 0 Å². The third-order valence-electron chi connectivity index (χ3n) is 3.21. The van der Waals surface area contributed by atoms with E-state index in [0.717, 1.165) is 11.4 Å². The molecule has 0 aliphatic rings. The topological polar surface area (TPSA) is 67.2 Å². The van der Waals surface area contributed by atoms with Gasteiger partial charge in [-0.05, 0) is 31.7 Å². The minimum absolute atomic E-state index is 0.0265. The van der Waals surface area contributed by atoms with E-state index in [1.54, 1.807) is 0 Å². The Kier molecular flexibility index (Phi) is 5.54. The number of carbonyl (C=O) groups excluding carboxylic acids is 1. The third-order valence-corrected chi connectivity index (χ3v) is 3.21. The molecule has 2 N–H and O–H groups in total. The molecule has 5 heteroatoms. The molecular weight excluding hydrogens is 242 g/mol. The molecule has 0 unspecified atom stereocenters. The number of nitrogens with one attached hydrogen (secondary N) is 1. The van der Waals surface area contributed by atoms with Crippen LogP contribution in [0.1, 0.15) is 38.1 Å². The fourth-order valence-electron chi connectivity index (χ4n) is 1.93. The number of rotatable bonds is 7. The highest BCUT2D eigenvalue weighted by molar-refractivity contribution is 5.75. The quantitative estimate of drug-likeness (QED) is 0.785. The first-order valence-electron chi connectivity index (χ1n) is 6.73. The minimum atomic E-state index is -0.0669. The van der Waals surface area contributed by atoms with Crippen LogP contribution in [0.25, 0.3) is 0 Å². The second-order valence-corrected chi connectivity index (χ2v) is 5.81. The standard InChI is InChI=1S/C14H25N3O2/c1-11-9-12(2)17(16-11)7-5-13(19)15-10-14(3,4)6-8-18/h9,18H,5-8,10H2,1-4H3,(H,15,19). The molecule has 0 bridgehead atoms. The van der Waals surface area contributed by atoms with Crippen molar-refractivity contribution in [3.05, 3.63) is 17.5 Å². The van der Waals surface area contributed by atoms with Crippen molar-refractivity contribution in [2.75, 3.05) is 13.2 Å². The molecule has 0 saturated carbocycles. The van der Waals surface area contributed by atoms with Crippen LogP contribution in [0.4, 0.5) is 0 Å². The van der Waals surface area contributed by atoms with Crippen molar-refractivity contribution in [1.82, 2.24) is 15.1 Å². The summed E-state index contributed by atoms with van der Waals surface area (Å²) in [4.78, 5) is 11.8. The largest absolute Gasteiger partial charge is 0.396 e. The maximum atomic E-state index is 11.8. The molecule has 19 heavy (non-hydrogen) atoms. The van der Waals surface area contributed by atoms with E-state index in [1.165, 1.54) is 0 Å². The molecule has 0 aliphatic carbocycles. The van der Waals surface area contributed by atoms with E-state index in [9.17, 15) is 4.79 Å². The molecular formula is C14H25N3O2. The number of aliphatic hydroxyl groups excluding tert-OH is 1. The van der Waals surface area contributed by atoms with Gasteiger partial charge in [-0.3, -0.25) is 9.48 Å². The van der Waals surface area contributed by atoms with Gasteiger partial charge in [-0.25, -0.2) is 0 Å². The first-order chi connectivity index (χ1) is 8.84. The Labute approximate surface area is 115 Å². The molecule has 1 heterocycles. The van der Waals surface area contributed by atoms with Gasteiger partial charge in [0.2, 0.25) is 5.91 Å². The van der Waals surface area contributed by atoms with Crippen LogP contribution in [0.5, 0.6) is 0 Å². The zero-order valence-corrected chi connectivity index (χ0v) is 12.4. The molecule has 1 amide bonds. The van der Waals surface area contributed by atoms with Crippen LogP contribution < -0.4 is 5.32 Å². The summed E-state index contributed by atoms with van der Waals surface area (Å²) in [5.74, 6) is 0.0265. The van der Waals surface area contributed by atoms with Crippen molar-refractivity contribution in [2.24, 2.45) is 5.41 Å². The molecule has 1 aromatic rings. The zero-order chi connectivity index (χ0) is 14.5.